The summed E-state index contributed by atoms with van der Waals surface area (Å²) >= 11 is 5.12. The second-order valence-electron chi connectivity index (χ2n) is 4.52. The summed E-state index contributed by atoms with van der Waals surface area (Å²) in [6.45, 7) is 7.26. The van der Waals surface area contributed by atoms with Gasteiger partial charge in [0.2, 0.25) is 11.9 Å². The second-order valence-corrected chi connectivity index (χ2v) is 7.07. The van der Waals surface area contributed by atoms with E-state index in [1.165, 1.54) is 4.88 Å². The first-order chi connectivity index (χ1) is 10.1. The lowest BCUT2D eigenvalue weighted by molar-refractivity contribution is 0.222. The monoisotopic (exact) mass is 371 g/mol. The molecule has 2 rings (SSSR count). The van der Waals surface area contributed by atoms with Crippen molar-refractivity contribution < 1.29 is 4.74 Å². The van der Waals surface area contributed by atoms with Crippen LogP contribution in [0, 0.1) is 0 Å². The zero-order chi connectivity index (χ0) is 15.2. The van der Waals surface area contributed by atoms with Gasteiger partial charge in [-0.1, -0.05) is 0 Å². The molecule has 114 valence electrons. The van der Waals surface area contributed by atoms with Gasteiger partial charge in [-0.2, -0.15) is 15.0 Å². The third-order valence-corrected chi connectivity index (χ3v) is 3.96. The molecule has 2 aromatic heterocycles. The van der Waals surface area contributed by atoms with Gasteiger partial charge in [0, 0.05) is 11.4 Å². The first kappa shape index (κ1) is 16.0. The van der Waals surface area contributed by atoms with E-state index in [1.54, 1.807) is 11.3 Å². The highest BCUT2D eigenvalue weighted by Crippen LogP contribution is 2.22. The summed E-state index contributed by atoms with van der Waals surface area (Å²) in [5.74, 6) is 1.01. The SMILES string of the molecule is CCNc1nc(NCc2ccc(Br)s2)nc(OC(C)C)n1. The number of halogens is 1. The molecule has 6 nitrogen and oxygen atoms in total. The first-order valence-corrected chi connectivity index (χ1v) is 8.32. The maximum absolute atomic E-state index is 5.55. The highest BCUT2D eigenvalue weighted by molar-refractivity contribution is 9.11. The molecule has 0 radical (unpaired) electrons. The average Bonchev–Trinajstić information content (AvgIpc) is 2.82. The minimum absolute atomic E-state index is 0.0166. The first-order valence-electron chi connectivity index (χ1n) is 6.71. The molecule has 2 heterocycles. The molecule has 0 saturated carbocycles. The van der Waals surface area contributed by atoms with E-state index in [0.29, 0.717) is 24.5 Å². The molecule has 2 aromatic rings. The number of thiophene rings is 1. The van der Waals surface area contributed by atoms with E-state index in [-0.39, 0.29) is 6.10 Å². The van der Waals surface area contributed by atoms with Gasteiger partial charge in [-0.25, -0.2) is 0 Å². The number of anilines is 2. The Labute approximate surface area is 136 Å². The Balaban J connectivity index is 2.10. The molecule has 21 heavy (non-hydrogen) atoms. The molecule has 0 amide bonds. The van der Waals surface area contributed by atoms with E-state index in [2.05, 4.69) is 47.6 Å². The summed E-state index contributed by atoms with van der Waals surface area (Å²) < 4.78 is 6.65. The fourth-order valence-corrected chi connectivity index (χ4v) is 2.97. The van der Waals surface area contributed by atoms with Gasteiger partial charge in [-0.3, -0.25) is 0 Å². The van der Waals surface area contributed by atoms with Gasteiger partial charge in [0.15, 0.2) is 0 Å². The van der Waals surface area contributed by atoms with E-state index < -0.39 is 0 Å². The zero-order valence-corrected chi connectivity index (χ0v) is 14.6. The minimum Gasteiger partial charge on any atom is -0.461 e. The fraction of sp³-hybridized carbons (Fsp3) is 0.462. The molecule has 0 fully saturated rings. The maximum atomic E-state index is 5.55. The third-order valence-electron chi connectivity index (χ3n) is 2.34. The third kappa shape index (κ3) is 5.13. The van der Waals surface area contributed by atoms with Crippen molar-refractivity contribution in [2.75, 3.05) is 17.2 Å². The van der Waals surface area contributed by atoms with Crippen LogP contribution in [-0.4, -0.2) is 27.6 Å². The molecule has 0 aliphatic heterocycles. The molecule has 0 bridgehead atoms. The maximum Gasteiger partial charge on any atom is 0.323 e. The van der Waals surface area contributed by atoms with Crippen molar-refractivity contribution >= 4 is 39.2 Å². The number of nitrogens with zero attached hydrogens (tertiary/aromatic N) is 3. The Morgan fingerprint density at radius 2 is 1.90 bits per heavy atom. The number of ether oxygens (including phenoxy) is 1. The topological polar surface area (TPSA) is 72.0 Å². The van der Waals surface area contributed by atoms with Gasteiger partial charge in [0.1, 0.15) is 0 Å². The molecule has 8 heteroatoms. The molecular weight excluding hydrogens is 354 g/mol. The van der Waals surface area contributed by atoms with E-state index in [4.69, 9.17) is 4.74 Å². The molecule has 0 aromatic carbocycles. The van der Waals surface area contributed by atoms with E-state index in [0.717, 1.165) is 10.3 Å². The Bertz CT molecular complexity index is 590. The second kappa shape index (κ2) is 7.56. The fourth-order valence-electron chi connectivity index (χ4n) is 1.55. The van der Waals surface area contributed by atoms with Crippen molar-refractivity contribution in [3.05, 3.63) is 20.8 Å². The van der Waals surface area contributed by atoms with Gasteiger partial charge in [-0.15, -0.1) is 11.3 Å². The molecule has 0 saturated heterocycles. The van der Waals surface area contributed by atoms with Crippen molar-refractivity contribution in [1.82, 2.24) is 15.0 Å². The summed E-state index contributed by atoms with van der Waals surface area (Å²) in [6.07, 6.45) is 0.0166. The van der Waals surface area contributed by atoms with Crippen LogP contribution in [0.1, 0.15) is 25.6 Å². The van der Waals surface area contributed by atoms with Gasteiger partial charge in [0.05, 0.1) is 16.4 Å². The van der Waals surface area contributed by atoms with E-state index in [1.807, 2.05) is 26.8 Å². The molecule has 0 atom stereocenters. The van der Waals surface area contributed by atoms with E-state index in [9.17, 15) is 0 Å². The van der Waals surface area contributed by atoms with Crippen LogP contribution in [0.15, 0.2) is 15.9 Å². The molecular formula is C13H18BrN5OS. The van der Waals surface area contributed by atoms with Crippen LogP contribution in [-0.2, 0) is 6.54 Å². The van der Waals surface area contributed by atoms with Crippen LogP contribution < -0.4 is 15.4 Å². The zero-order valence-electron chi connectivity index (χ0n) is 12.2. The predicted octanol–water partition coefficient (Wildman–Crippen LogP) is 3.53. The molecule has 2 N–H and O–H groups in total. The van der Waals surface area contributed by atoms with Crippen LogP contribution in [0.25, 0.3) is 0 Å². The Morgan fingerprint density at radius 1 is 1.19 bits per heavy atom. The van der Waals surface area contributed by atoms with Crippen molar-refractivity contribution in [1.29, 1.82) is 0 Å². The summed E-state index contributed by atoms with van der Waals surface area (Å²) in [4.78, 5) is 14.0. The normalized spacial score (nSPS) is 10.7. The van der Waals surface area contributed by atoms with Gasteiger partial charge < -0.3 is 15.4 Å². The van der Waals surface area contributed by atoms with Crippen LogP contribution in [0.5, 0.6) is 6.01 Å². The highest BCUT2D eigenvalue weighted by atomic mass is 79.9. The van der Waals surface area contributed by atoms with Crippen LogP contribution in [0.4, 0.5) is 11.9 Å². The number of nitrogens with one attached hydrogen (secondary N) is 2. The van der Waals surface area contributed by atoms with Gasteiger partial charge in [-0.05, 0) is 48.8 Å². The van der Waals surface area contributed by atoms with Crippen LogP contribution >= 0.6 is 27.3 Å². The molecule has 0 aliphatic rings. The van der Waals surface area contributed by atoms with E-state index >= 15 is 0 Å². The smallest absolute Gasteiger partial charge is 0.323 e. The predicted molar refractivity (Wildman–Crippen MR) is 89.1 cm³/mol. The summed E-state index contributed by atoms with van der Waals surface area (Å²) in [6, 6.07) is 4.40. The number of rotatable bonds is 7. The standard InChI is InChI=1S/C13H18BrN5OS/c1-4-15-11-17-12(19-13(18-11)20-8(2)3)16-7-9-5-6-10(14)21-9/h5-6,8H,4,7H2,1-3H3,(H2,15,16,17,18,19). The Kier molecular flexibility index (Phi) is 5.75. The summed E-state index contributed by atoms with van der Waals surface area (Å²) in [5, 5.41) is 6.27. The van der Waals surface area contributed by atoms with Crippen molar-refractivity contribution in [2.24, 2.45) is 0 Å². The Morgan fingerprint density at radius 3 is 2.48 bits per heavy atom. The largest absolute Gasteiger partial charge is 0.461 e. The molecule has 0 unspecified atom stereocenters. The lowest BCUT2D eigenvalue weighted by Gasteiger charge is -2.11. The van der Waals surface area contributed by atoms with Crippen LogP contribution in [0.2, 0.25) is 0 Å². The Hall–Kier alpha value is -1.41. The van der Waals surface area contributed by atoms with Crippen molar-refractivity contribution in [2.45, 2.75) is 33.4 Å². The number of hydrogen-bond acceptors (Lipinski definition) is 7. The van der Waals surface area contributed by atoms with Gasteiger partial charge in [0.25, 0.3) is 0 Å². The molecule has 0 aliphatic carbocycles. The lowest BCUT2D eigenvalue weighted by Crippen LogP contribution is -2.13. The average molecular weight is 372 g/mol. The van der Waals surface area contributed by atoms with Crippen molar-refractivity contribution in [3.63, 3.8) is 0 Å². The summed E-state index contributed by atoms with van der Waals surface area (Å²) in [5.41, 5.74) is 0. The number of hydrogen-bond donors (Lipinski definition) is 2. The summed E-state index contributed by atoms with van der Waals surface area (Å²) in [7, 11) is 0. The lowest BCUT2D eigenvalue weighted by atomic mass is 10.5. The van der Waals surface area contributed by atoms with Gasteiger partial charge >= 0.3 is 6.01 Å². The quantitative estimate of drug-likeness (QED) is 0.775. The van der Waals surface area contributed by atoms with Crippen molar-refractivity contribution in [3.8, 4) is 6.01 Å². The molecule has 0 spiro atoms. The van der Waals surface area contributed by atoms with Crippen LogP contribution in [0.3, 0.4) is 0 Å². The highest BCUT2D eigenvalue weighted by Gasteiger charge is 2.09. The number of aromatic nitrogens is 3. The minimum atomic E-state index is 0.0166.